The maximum Gasteiger partial charge on any atom is 0.228 e. The quantitative estimate of drug-likeness (QED) is 0.147. The first-order valence-electron chi connectivity index (χ1n) is 14.6. The van der Waals surface area contributed by atoms with Gasteiger partial charge in [-0.1, -0.05) is 139 Å². The summed E-state index contributed by atoms with van der Waals surface area (Å²) in [5.74, 6) is 0. The normalized spacial score (nSPS) is 11.4. The molecule has 0 unspecified atom stereocenters. The second-order valence-corrected chi connectivity index (χ2v) is 11.3. The van der Waals surface area contributed by atoms with E-state index in [1.165, 1.54) is 38.6 Å². The lowest BCUT2D eigenvalue weighted by molar-refractivity contribution is -0.466. The van der Waals surface area contributed by atoms with Crippen LogP contribution in [0.3, 0.4) is 0 Å². The van der Waals surface area contributed by atoms with E-state index in [9.17, 15) is 0 Å². The van der Waals surface area contributed by atoms with Crippen LogP contribution in [0.2, 0.25) is 5.02 Å². The number of benzene rings is 6. The molecule has 0 aliphatic carbocycles. The van der Waals surface area contributed by atoms with Gasteiger partial charge in [-0.15, -0.1) is 0 Å². The molecule has 0 aliphatic heterocycles. The summed E-state index contributed by atoms with van der Waals surface area (Å²) in [7, 11) is 0. The fraction of sp³-hybridized carbons (Fsp3) is 0. The van der Waals surface area contributed by atoms with Crippen LogP contribution in [0.25, 0.3) is 71.8 Å². The minimum absolute atomic E-state index is 0.717. The van der Waals surface area contributed by atoms with Gasteiger partial charge in [0.15, 0.2) is 0 Å². The molecule has 1 nitrogen and oxygen atoms in total. The summed E-state index contributed by atoms with van der Waals surface area (Å²) in [6.07, 6.45) is 0. The van der Waals surface area contributed by atoms with Crippen LogP contribution in [-0.2, 0) is 0 Å². The Kier molecular flexibility index (Phi) is 6.25. The van der Waals surface area contributed by atoms with Gasteiger partial charge >= 0.3 is 0 Å². The van der Waals surface area contributed by atoms with Crippen LogP contribution < -0.4 is 4.40 Å². The van der Waals surface area contributed by atoms with Gasteiger partial charge in [-0.05, 0) is 47.0 Å². The maximum absolute atomic E-state index is 6.84. The second kappa shape index (κ2) is 10.5. The van der Waals surface area contributed by atoms with E-state index in [1.54, 1.807) is 0 Å². The van der Waals surface area contributed by atoms with Crippen LogP contribution in [0.15, 0.2) is 164 Å². The van der Waals surface area contributed by atoms with Crippen molar-refractivity contribution >= 4 is 38.8 Å². The van der Waals surface area contributed by atoms with E-state index in [0.29, 0.717) is 5.02 Å². The molecule has 8 rings (SSSR count). The summed E-state index contributed by atoms with van der Waals surface area (Å²) in [6, 6.07) is 58.2. The molecule has 2 aromatic heterocycles. The summed E-state index contributed by atoms with van der Waals surface area (Å²) < 4.78 is 2.49. The Bertz CT molecular complexity index is 2260. The van der Waals surface area contributed by atoms with E-state index >= 15 is 0 Å². The number of nitrogens with zero attached hydrogens (tertiary/aromatic N) is 1. The number of hydrogen-bond donors (Lipinski definition) is 0. The Morgan fingerprint density at radius 1 is 0.372 bits per heavy atom. The molecular weight excluding hydrogens is 542 g/mol. The van der Waals surface area contributed by atoms with Gasteiger partial charge < -0.3 is 0 Å². The number of pyridine rings is 2. The van der Waals surface area contributed by atoms with Crippen molar-refractivity contribution in [2.45, 2.75) is 0 Å². The lowest BCUT2D eigenvalue weighted by Gasteiger charge is -2.19. The van der Waals surface area contributed by atoms with E-state index < -0.39 is 0 Å². The zero-order valence-corrected chi connectivity index (χ0v) is 24.2. The van der Waals surface area contributed by atoms with Gasteiger partial charge in [0.2, 0.25) is 16.7 Å². The van der Waals surface area contributed by atoms with Crippen molar-refractivity contribution in [1.82, 2.24) is 0 Å². The number of aromatic nitrogens is 1. The average Bonchev–Trinajstić information content (AvgIpc) is 3.08. The van der Waals surface area contributed by atoms with Crippen LogP contribution in [0.1, 0.15) is 0 Å². The van der Waals surface area contributed by atoms with E-state index in [2.05, 4.69) is 162 Å². The standard InChI is InChI=1S/C41H27ClN/c42-32-25-26-33-35(27-32)41-39(30-19-9-3-10-20-30)37(28-15-5-1-6-16-28)34-23-13-14-24-36(34)43(41)40(31-21-11-4-12-22-31)38(33)29-17-7-2-8-18-29/h1-27H/q+1. The van der Waals surface area contributed by atoms with Crippen molar-refractivity contribution in [2.24, 2.45) is 0 Å². The number of rotatable bonds is 4. The van der Waals surface area contributed by atoms with Gasteiger partial charge in [0.1, 0.15) is 0 Å². The highest BCUT2D eigenvalue weighted by molar-refractivity contribution is 6.32. The Labute approximate surface area is 255 Å². The summed E-state index contributed by atoms with van der Waals surface area (Å²) in [5, 5.41) is 4.20. The molecular formula is C41H27ClN+. The molecule has 202 valence electrons. The highest BCUT2D eigenvalue weighted by Crippen LogP contribution is 2.45. The number of halogens is 1. The molecule has 0 amide bonds. The van der Waals surface area contributed by atoms with E-state index in [4.69, 9.17) is 11.6 Å². The fourth-order valence-corrected chi connectivity index (χ4v) is 6.75. The average molecular weight is 569 g/mol. The van der Waals surface area contributed by atoms with Gasteiger partial charge in [-0.25, -0.2) is 0 Å². The van der Waals surface area contributed by atoms with Crippen molar-refractivity contribution in [3.05, 3.63) is 169 Å². The molecule has 2 heterocycles. The predicted octanol–water partition coefficient (Wildman–Crippen LogP) is 11.1. The zero-order valence-electron chi connectivity index (χ0n) is 23.4. The first-order valence-corrected chi connectivity index (χ1v) is 14.9. The van der Waals surface area contributed by atoms with Gasteiger partial charge in [0, 0.05) is 27.6 Å². The first-order chi connectivity index (χ1) is 21.3. The van der Waals surface area contributed by atoms with E-state index in [1.807, 2.05) is 6.07 Å². The van der Waals surface area contributed by atoms with Crippen LogP contribution in [0.4, 0.5) is 0 Å². The van der Waals surface area contributed by atoms with Crippen molar-refractivity contribution in [1.29, 1.82) is 0 Å². The van der Waals surface area contributed by atoms with Crippen molar-refractivity contribution in [3.8, 4) is 44.6 Å². The summed E-state index contributed by atoms with van der Waals surface area (Å²) in [5.41, 5.74) is 11.7. The fourth-order valence-electron chi connectivity index (χ4n) is 6.58. The van der Waals surface area contributed by atoms with Gasteiger partial charge in [0.25, 0.3) is 0 Å². The van der Waals surface area contributed by atoms with Crippen LogP contribution in [0, 0.1) is 0 Å². The molecule has 0 aliphatic rings. The van der Waals surface area contributed by atoms with Gasteiger partial charge in [-0.3, -0.25) is 0 Å². The van der Waals surface area contributed by atoms with Crippen LogP contribution >= 0.6 is 11.6 Å². The predicted molar refractivity (Wildman–Crippen MR) is 181 cm³/mol. The summed E-state index contributed by atoms with van der Waals surface area (Å²) in [4.78, 5) is 0. The third-order valence-corrected chi connectivity index (χ3v) is 8.56. The van der Waals surface area contributed by atoms with Crippen LogP contribution in [0.5, 0.6) is 0 Å². The molecule has 0 atom stereocenters. The molecule has 0 bridgehead atoms. The van der Waals surface area contributed by atoms with Crippen LogP contribution in [-0.4, -0.2) is 0 Å². The summed E-state index contributed by atoms with van der Waals surface area (Å²) >= 11 is 6.84. The van der Waals surface area contributed by atoms with Crippen molar-refractivity contribution in [3.63, 3.8) is 0 Å². The number of para-hydroxylation sites is 1. The lowest BCUT2D eigenvalue weighted by atomic mass is 9.86. The first kappa shape index (κ1) is 25.5. The third-order valence-electron chi connectivity index (χ3n) is 8.33. The Hall–Kier alpha value is -5.24. The van der Waals surface area contributed by atoms with Crippen molar-refractivity contribution < 1.29 is 4.40 Å². The van der Waals surface area contributed by atoms with Gasteiger partial charge in [-0.2, -0.15) is 4.40 Å². The monoisotopic (exact) mass is 568 g/mol. The molecule has 0 saturated heterocycles. The Morgan fingerprint density at radius 3 is 1.47 bits per heavy atom. The topological polar surface area (TPSA) is 4.10 Å². The largest absolute Gasteiger partial charge is 0.228 e. The van der Waals surface area contributed by atoms with Gasteiger partial charge in [0.05, 0.1) is 21.9 Å². The molecule has 0 spiro atoms. The smallest absolute Gasteiger partial charge is 0.151 e. The highest BCUT2D eigenvalue weighted by atomic mass is 35.5. The number of fused-ring (bicyclic) bond motifs is 5. The molecule has 2 heteroatoms. The van der Waals surface area contributed by atoms with Crippen molar-refractivity contribution in [2.75, 3.05) is 0 Å². The van der Waals surface area contributed by atoms with E-state index in [0.717, 1.165) is 33.2 Å². The minimum Gasteiger partial charge on any atom is -0.151 e. The Morgan fingerprint density at radius 2 is 0.860 bits per heavy atom. The molecule has 0 radical (unpaired) electrons. The lowest BCUT2D eigenvalue weighted by Crippen LogP contribution is -2.29. The third kappa shape index (κ3) is 4.21. The molecule has 0 N–H and O–H groups in total. The minimum atomic E-state index is 0.717. The Balaban J connectivity index is 1.75. The molecule has 8 aromatic rings. The molecule has 0 fully saturated rings. The van der Waals surface area contributed by atoms with E-state index in [-0.39, 0.29) is 0 Å². The summed E-state index contributed by atoms with van der Waals surface area (Å²) in [6.45, 7) is 0. The molecule has 0 saturated carbocycles. The highest BCUT2D eigenvalue weighted by Gasteiger charge is 2.32. The maximum atomic E-state index is 6.84. The second-order valence-electron chi connectivity index (χ2n) is 10.8. The SMILES string of the molecule is Clc1ccc2c(-c3ccccc3)c(-c3ccccc3)[n+]3c4ccccc4c(-c4ccccc4)c(-c4ccccc4)c3c2c1. The zero-order chi connectivity index (χ0) is 28.8. The molecule has 43 heavy (non-hydrogen) atoms. The molecule has 6 aromatic carbocycles. The number of hydrogen-bond acceptors (Lipinski definition) is 0.